The third-order valence-electron chi connectivity index (χ3n) is 7.88. The van der Waals surface area contributed by atoms with E-state index in [-0.39, 0.29) is 51.9 Å². The molecule has 14 heteroatoms. The Labute approximate surface area is 265 Å². The highest BCUT2D eigenvalue weighted by Gasteiger charge is 2.38. The lowest BCUT2D eigenvalue weighted by Gasteiger charge is -2.32. The molecule has 1 saturated heterocycles. The fourth-order valence-electron chi connectivity index (χ4n) is 5.35. The molecule has 3 aromatic rings. The first-order valence-electron chi connectivity index (χ1n) is 14.6. The molecule has 0 bridgehead atoms. The molecule has 1 aliphatic heterocycles. The summed E-state index contributed by atoms with van der Waals surface area (Å²) in [4.78, 5) is 40.4. The second-order valence-corrected chi connectivity index (χ2v) is 13.6. The van der Waals surface area contributed by atoms with Crippen molar-refractivity contribution < 1.29 is 41.4 Å². The van der Waals surface area contributed by atoms with E-state index < -0.39 is 56.7 Å². The van der Waals surface area contributed by atoms with Crippen LogP contribution in [0.3, 0.4) is 0 Å². The number of likely N-dealkylation sites (tertiary alicyclic amines) is 1. The summed E-state index contributed by atoms with van der Waals surface area (Å²) in [6.07, 6.45) is -0.448. The van der Waals surface area contributed by atoms with Gasteiger partial charge in [-0.05, 0) is 93.3 Å². The fraction of sp³-hybridized carbons (Fsp3) is 0.344. The highest BCUT2D eigenvalue weighted by Crippen LogP contribution is 2.41. The highest BCUT2D eigenvalue weighted by atomic mass is 32.2. The van der Waals surface area contributed by atoms with E-state index in [0.717, 1.165) is 23.1 Å². The van der Waals surface area contributed by atoms with Gasteiger partial charge in [0.05, 0.1) is 28.5 Å². The normalized spacial score (nSPS) is 15.5. The average molecular weight is 659 g/mol. The monoisotopic (exact) mass is 658 g/mol. The summed E-state index contributed by atoms with van der Waals surface area (Å²) >= 11 is 0. The second-order valence-electron chi connectivity index (χ2n) is 11.1. The van der Waals surface area contributed by atoms with Crippen molar-refractivity contribution in [3.8, 4) is 5.75 Å². The molecule has 1 fully saturated rings. The minimum absolute atomic E-state index is 0.0221. The summed E-state index contributed by atoms with van der Waals surface area (Å²) in [5.41, 5.74) is 5.80. The first-order valence-corrected chi connectivity index (χ1v) is 16.1. The van der Waals surface area contributed by atoms with Crippen molar-refractivity contribution in [1.29, 1.82) is 0 Å². The number of ether oxygens (including phenoxy) is 1. The SMILES string of the molecule is CCOc1cc([C@H](Nc2cc(C(N)=O)ccc2F)C(=O)N2CCC[C@@H]2c2cc(N(C)C(=O)O)ccc2S(=O)(=O)C(C)C)ccc1F. The highest BCUT2D eigenvalue weighted by molar-refractivity contribution is 7.92. The Hall–Kier alpha value is -4.72. The van der Waals surface area contributed by atoms with E-state index in [9.17, 15) is 32.3 Å². The van der Waals surface area contributed by atoms with Crippen LogP contribution in [0.4, 0.5) is 25.0 Å². The van der Waals surface area contributed by atoms with E-state index in [1.54, 1.807) is 6.92 Å². The number of rotatable bonds is 11. The van der Waals surface area contributed by atoms with Crippen molar-refractivity contribution >= 4 is 39.1 Å². The van der Waals surface area contributed by atoms with Gasteiger partial charge in [0.15, 0.2) is 21.4 Å². The van der Waals surface area contributed by atoms with Crippen LogP contribution in [0.2, 0.25) is 0 Å². The number of nitrogens with two attached hydrogens (primary N) is 1. The molecule has 4 rings (SSSR count). The molecule has 11 nitrogen and oxygen atoms in total. The van der Waals surface area contributed by atoms with Crippen LogP contribution in [0.5, 0.6) is 5.75 Å². The number of amides is 3. The van der Waals surface area contributed by atoms with Gasteiger partial charge in [0, 0.05) is 24.8 Å². The van der Waals surface area contributed by atoms with Crippen molar-refractivity contribution in [2.45, 2.75) is 55.8 Å². The van der Waals surface area contributed by atoms with Gasteiger partial charge in [-0.1, -0.05) is 6.07 Å². The van der Waals surface area contributed by atoms with Gasteiger partial charge in [0.2, 0.25) is 11.8 Å². The zero-order valence-corrected chi connectivity index (χ0v) is 26.6. The molecule has 4 N–H and O–H groups in total. The molecular weight excluding hydrogens is 622 g/mol. The maximum absolute atomic E-state index is 15.1. The quantitative estimate of drug-likeness (QED) is 0.251. The molecule has 0 radical (unpaired) electrons. The minimum Gasteiger partial charge on any atom is -0.491 e. The first kappa shape index (κ1) is 34.2. The standard InChI is InChI=1S/C32H36F2N4O7S/c1-5-45-27-16-19(8-12-24(27)34)29(36-25-15-20(30(35)39)9-11-23(25)33)31(40)38-14-6-7-26(38)22-17-21(37(4)32(41)42)10-13-28(22)46(43,44)18(2)3/h8-13,15-18,26,29,36H,5-7,14H2,1-4H3,(H2,35,39)(H,41,42)/t26-,29+/m1/s1. The molecule has 0 aromatic heterocycles. The van der Waals surface area contributed by atoms with E-state index in [0.29, 0.717) is 12.8 Å². The number of carboxylic acid groups (broad SMARTS) is 1. The molecule has 3 aromatic carbocycles. The molecule has 0 unspecified atom stereocenters. The van der Waals surface area contributed by atoms with Gasteiger partial charge in [-0.3, -0.25) is 14.5 Å². The van der Waals surface area contributed by atoms with Gasteiger partial charge >= 0.3 is 6.09 Å². The number of anilines is 2. The molecule has 3 amide bonds. The molecule has 1 heterocycles. The van der Waals surface area contributed by atoms with E-state index >= 15 is 4.39 Å². The van der Waals surface area contributed by atoms with Crippen LogP contribution < -0.4 is 20.7 Å². The van der Waals surface area contributed by atoms with Crippen LogP contribution in [0, 0.1) is 11.6 Å². The van der Waals surface area contributed by atoms with Gasteiger partial charge in [-0.25, -0.2) is 22.0 Å². The van der Waals surface area contributed by atoms with Crippen molar-refractivity contribution in [2.75, 3.05) is 30.4 Å². The summed E-state index contributed by atoms with van der Waals surface area (Å²) in [5.74, 6) is -3.04. The number of nitrogens with one attached hydrogen (secondary N) is 1. The van der Waals surface area contributed by atoms with Crippen molar-refractivity contribution in [3.63, 3.8) is 0 Å². The number of carbonyl (C=O) groups is 3. The Morgan fingerprint density at radius 2 is 1.78 bits per heavy atom. The number of benzene rings is 3. The number of hydrogen-bond acceptors (Lipinski definition) is 7. The van der Waals surface area contributed by atoms with E-state index in [1.165, 1.54) is 62.2 Å². The molecule has 0 aliphatic carbocycles. The van der Waals surface area contributed by atoms with E-state index in [2.05, 4.69) is 5.32 Å². The second kappa shape index (κ2) is 13.7. The molecule has 0 spiro atoms. The van der Waals surface area contributed by atoms with E-state index in [1.807, 2.05) is 0 Å². The van der Waals surface area contributed by atoms with Gasteiger partial charge in [0.25, 0.3) is 0 Å². The number of sulfone groups is 1. The Morgan fingerprint density at radius 1 is 1.09 bits per heavy atom. The maximum Gasteiger partial charge on any atom is 0.411 e. The van der Waals surface area contributed by atoms with Crippen molar-refractivity contribution in [1.82, 2.24) is 4.90 Å². The fourth-order valence-corrected chi connectivity index (χ4v) is 6.64. The Morgan fingerprint density at radius 3 is 2.41 bits per heavy atom. The van der Waals surface area contributed by atoms with E-state index in [4.69, 9.17) is 10.5 Å². The molecule has 1 aliphatic rings. The Kier molecular flexibility index (Phi) is 10.2. The van der Waals surface area contributed by atoms with Crippen LogP contribution in [0.15, 0.2) is 59.5 Å². The van der Waals surface area contributed by atoms with Crippen molar-refractivity contribution in [3.05, 3.63) is 82.9 Å². The van der Waals surface area contributed by atoms with Crippen LogP contribution in [-0.4, -0.2) is 61.8 Å². The lowest BCUT2D eigenvalue weighted by Crippen LogP contribution is -2.38. The van der Waals surface area contributed by atoms with Gasteiger partial charge in [-0.2, -0.15) is 0 Å². The third kappa shape index (κ3) is 6.91. The number of carbonyl (C=O) groups excluding carboxylic acids is 2. The average Bonchev–Trinajstić information content (AvgIpc) is 3.50. The van der Waals surface area contributed by atoms with Crippen LogP contribution >= 0.6 is 0 Å². The first-order chi connectivity index (χ1) is 21.7. The van der Waals surface area contributed by atoms with Crippen LogP contribution in [0.1, 0.15) is 67.2 Å². The number of nitrogens with zero attached hydrogens (tertiary/aromatic N) is 2. The number of primary amides is 1. The zero-order chi connectivity index (χ0) is 33.9. The zero-order valence-electron chi connectivity index (χ0n) is 25.8. The molecule has 246 valence electrons. The van der Waals surface area contributed by atoms with Gasteiger partial charge < -0.3 is 25.8 Å². The van der Waals surface area contributed by atoms with Crippen LogP contribution in [-0.2, 0) is 14.6 Å². The molecule has 0 saturated carbocycles. The summed E-state index contributed by atoms with van der Waals surface area (Å²) in [5, 5.41) is 11.6. The topological polar surface area (TPSA) is 159 Å². The third-order valence-corrected chi connectivity index (χ3v) is 10.1. The number of hydrogen-bond donors (Lipinski definition) is 3. The van der Waals surface area contributed by atoms with Gasteiger partial charge in [-0.15, -0.1) is 0 Å². The predicted molar refractivity (Wildman–Crippen MR) is 168 cm³/mol. The van der Waals surface area contributed by atoms with Gasteiger partial charge in [0.1, 0.15) is 11.9 Å². The Balaban J connectivity index is 1.87. The summed E-state index contributed by atoms with van der Waals surface area (Å²) < 4.78 is 62.0. The summed E-state index contributed by atoms with van der Waals surface area (Å²) in [7, 11) is -2.57. The molecule has 2 atom stereocenters. The predicted octanol–water partition coefficient (Wildman–Crippen LogP) is 5.28. The maximum atomic E-state index is 15.1. The largest absolute Gasteiger partial charge is 0.491 e. The molecular formula is C32H36F2N4O7S. The summed E-state index contributed by atoms with van der Waals surface area (Å²) in [6, 6.07) is 9.15. The molecule has 46 heavy (non-hydrogen) atoms. The smallest absolute Gasteiger partial charge is 0.411 e. The number of halogens is 2. The lowest BCUT2D eigenvalue weighted by atomic mass is 10.00. The Bertz CT molecular complexity index is 1770. The van der Waals surface area contributed by atoms with Crippen LogP contribution in [0.25, 0.3) is 0 Å². The summed E-state index contributed by atoms with van der Waals surface area (Å²) in [6.45, 7) is 5.01. The minimum atomic E-state index is -3.88. The lowest BCUT2D eigenvalue weighted by molar-refractivity contribution is -0.133. The van der Waals surface area contributed by atoms with Crippen molar-refractivity contribution in [2.24, 2.45) is 5.73 Å².